The molecule has 0 fully saturated rings. The molecule has 0 aliphatic heterocycles. The topological polar surface area (TPSA) is 50.9 Å². The van der Waals surface area contributed by atoms with Gasteiger partial charge in [-0.15, -0.1) is 10.2 Å². The molecule has 0 spiro atoms. The van der Waals surface area contributed by atoms with Crippen molar-refractivity contribution in [2.75, 3.05) is 0 Å². The molecular formula is C14H12FN3O. The average Bonchev–Trinajstić information content (AvgIpc) is 2.81. The first-order valence-electron chi connectivity index (χ1n) is 5.89. The monoisotopic (exact) mass is 257 g/mol. The number of fused-ring (bicyclic) bond motifs is 1. The van der Waals surface area contributed by atoms with E-state index in [0.29, 0.717) is 17.0 Å². The maximum Gasteiger partial charge on any atom is 0.164 e. The molecule has 1 heterocycles. The fourth-order valence-corrected chi connectivity index (χ4v) is 2.19. The zero-order chi connectivity index (χ0) is 13.4. The summed E-state index contributed by atoms with van der Waals surface area (Å²) in [5, 5.41) is 18.5. The SMILES string of the molecule is Cn1c(CO)nnc1-c1ccc(F)c2ccccc12. The quantitative estimate of drug-likeness (QED) is 0.766. The summed E-state index contributed by atoms with van der Waals surface area (Å²) in [6.45, 7) is -0.178. The van der Waals surface area contributed by atoms with Crippen molar-refractivity contribution >= 4 is 10.8 Å². The van der Waals surface area contributed by atoms with Gasteiger partial charge in [-0.05, 0) is 17.5 Å². The standard InChI is InChI=1S/C14H12FN3O/c1-18-13(8-19)16-17-14(18)11-6-7-12(15)10-5-3-2-4-9(10)11/h2-7,19H,8H2,1H3. The van der Waals surface area contributed by atoms with Crippen molar-refractivity contribution in [2.24, 2.45) is 7.05 Å². The van der Waals surface area contributed by atoms with Gasteiger partial charge in [0.1, 0.15) is 12.4 Å². The minimum Gasteiger partial charge on any atom is -0.388 e. The van der Waals surface area contributed by atoms with Crippen LogP contribution in [0.25, 0.3) is 22.2 Å². The van der Waals surface area contributed by atoms with Crippen molar-refractivity contribution < 1.29 is 9.50 Å². The Bertz CT molecular complexity index is 752. The number of aliphatic hydroxyl groups excluding tert-OH is 1. The molecule has 0 bridgehead atoms. The van der Waals surface area contributed by atoms with Gasteiger partial charge in [0.25, 0.3) is 0 Å². The third kappa shape index (κ3) is 1.79. The summed E-state index contributed by atoms with van der Waals surface area (Å²) in [5.74, 6) is 0.826. The molecule has 0 amide bonds. The van der Waals surface area contributed by atoms with Crippen molar-refractivity contribution in [1.82, 2.24) is 14.8 Å². The number of hydrogen-bond acceptors (Lipinski definition) is 3. The van der Waals surface area contributed by atoms with Crippen LogP contribution < -0.4 is 0 Å². The Balaban J connectivity index is 2.31. The number of nitrogens with zero attached hydrogens (tertiary/aromatic N) is 3. The molecule has 0 atom stereocenters. The van der Waals surface area contributed by atoms with Gasteiger partial charge >= 0.3 is 0 Å². The molecule has 0 saturated heterocycles. The summed E-state index contributed by atoms with van der Waals surface area (Å²) in [4.78, 5) is 0. The summed E-state index contributed by atoms with van der Waals surface area (Å²) in [6.07, 6.45) is 0. The Morgan fingerprint density at radius 2 is 1.84 bits per heavy atom. The molecule has 3 rings (SSSR count). The van der Waals surface area contributed by atoms with Crippen LogP contribution >= 0.6 is 0 Å². The van der Waals surface area contributed by atoms with Gasteiger partial charge in [0.15, 0.2) is 11.6 Å². The maximum absolute atomic E-state index is 13.8. The molecule has 4 nitrogen and oxygen atoms in total. The minimum absolute atomic E-state index is 0.178. The second kappa shape index (κ2) is 4.44. The molecule has 3 aromatic rings. The maximum atomic E-state index is 13.8. The van der Waals surface area contributed by atoms with Crippen LogP contribution in [0.1, 0.15) is 5.82 Å². The second-order valence-corrected chi connectivity index (χ2v) is 4.30. The van der Waals surface area contributed by atoms with Crippen LogP contribution in [-0.2, 0) is 13.7 Å². The molecule has 1 aromatic heterocycles. The Labute approximate surface area is 109 Å². The van der Waals surface area contributed by atoms with Crippen molar-refractivity contribution in [3.05, 3.63) is 48.0 Å². The predicted molar refractivity (Wildman–Crippen MR) is 69.8 cm³/mol. The largest absolute Gasteiger partial charge is 0.388 e. The Morgan fingerprint density at radius 3 is 2.53 bits per heavy atom. The van der Waals surface area contributed by atoms with E-state index in [1.54, 1.807) is 29.8 Å². The molecule has 0 aliphatic rings. The van der Waals surface area contributed by atoms with Crippen LogP contribution in [0.5, 0.6) is 0 Å². The fourth-order valence-electron chi connectivity index (χ4n) is 2.19. The van der Waals surface area contributed by atoms with Crippen LogP contribution in [0.15, 0.2) is 36.4 Å². The molecule has 5 heteroatoms. The minimum atomic E-state index is -0.260. The highest BCUT2D eigenvalue weighted by molar-refractivity contribution is 5.95. The lowest BCUT2D eigenvalue weighted by Gasteiger charge is -2.07. The fraction of sp³-hybridized carbons (Fsp3) is 0.143. The first kappa shape index (κ1) is 11.8. The molecule has 0 unspecified atom stereocenters. The second-order valence-electron chi connectivity index (χ2n) is 4.30. The van der Waals surface area contributed by atoms with Crippen molar-refractivity contribution in [2.45, 2.75) is 6.61 Å². The third-order valence-electron chi connectivity index (χ3n) is 3.22. The van der Waals surface area contributed by atoms with Gasteiger partial charge < -0.3 is 9.67 Å². The van der Waals surface area contributed by atoms with Gasteiger partial charge in [0, 0.05) is 18.0 Å². The van der Waals surface area contributed by atoms with Crippen molar-refractivity contribution in [1.29, 1.82) is 0 Å². The summed E-state index contributed by atoms with van der Waals surface area (Å²) in [7, 11) is 1.78. The summed E-state index contributed by atoms with van der Waals surface area (Å²) < 4.78 is 15.5. The van der Waals surface area contributed by atoms with Gasteiger partial charge in [-0.2, -0.15) is 0 Å². The van der Waals surface area contributed by atoms with E-state index < -0.39 is 0 Å². The van der Waals surface area contributed by atoms with Crippen LogP contribution in [0.3, 0.4) is 0 Å². The highest BCUT2D eigenvalue weighted by Gasteiger charge is 2.14. The molecule has 96 valence electrons. The number of rotatable bonds is 2. The highest BCUT2D eigenvalue weighted by atomic mass is 19.1. The van der Waals surface area contributed by atoms with E-state index in [-0.39, 0.29) is 12.4 Å². The zero-order valence-electron chi connectivity index (χ0n) is 10.3. The predicted octanol–water partition coefficient (Wildman–Crippen LogP) is 2.27. The van der Waals surface area contributed by atoms with Crippen molar-refractivity contribution in [3.63, 3.8) is 0 Å². The normalized spacial score (nSPS) is 11.1. The lowest BCUT2D eigenvalue weighted by Crippen LogP contribution is -1.99. The van der Waals surface area contributed by atoms with Gasteiger partial charge in [-0.1, -0.05) is 24.3 Å². The van der Waals surface area contributed by atoms with Gasteiger partial charge in [0.05, 0.1) is 0 Å². The molecule has 0 aliphatic carbocycles. The van der Waals surface area contributed by atoms with Crippen molar-refractivity contribution in [3.8, 4) is 11.4 Å². The lowest BCUT2D eigenvalue weighted by molar-refractivity contribution is 0.267. The summed E-state index contributed by atoms with van der Waals surface area (Å²) >= 11 is 0. The first-order chi connectivity index (χ1) is 9.22. The van der Waals surface area contributed by atoms with E-state index in [2.05, 4.69) is 10.2 Å². The number of hydrogen-bond donors (Lipinski definition) is 1. The van der Waals surface area contributed by atoms with E-state index in [1.807, 2.05) is 12.1 Å². The Morgan fingerprint density at radius 1 is 1.11 bits per heavy atom. The molecular weight excluding hydrogens is 245 g/mol. The average molecular weight is 257 g/mol. The Hall–Kier alpha value is -2.27. The van der Waals surface area contributed by atoms with Crippen LogP contribution in [-0.4, -0.2) is 19.9 Å². The molecule has 0 radical (unpaired) electrons. The van der Waals surface area contributed by atoms with E-state index in [1.165, 1.54) is 6.07 Å². The van der Waals surface area contributed by atoms with Crippen LogP contribution in [0.2, 0.25) is 0 Å². The number of halogens is 1. The van der Waals surface area contributed by atoms with E-state index >= 15 is 0 Å². The van der Waals surface area contributed by atoms with E-state index in [4.69, 9.17) is 5.11 Å². The van der Waals surface area contributed by atoms with E-state index in [0.717, 1.165) is 10.9 Å². The molecule has 19 heavy (non-hydrogen) atoms. The first-order valence-corrected chi connectivity index (χ1v) is 5.89. The highest BCUT2D eigenvalue weighted by Crippen LogP contribution is 2.29. The summed E-state index contributed by atoms with van der Waals surface area (Å²) in [5.41, 5.74) is 0.798. The number of aliphatic hydroxyl groups is 1. The molecule has 1 N–H and O–H groups in total. The Kier molecular flexibility index (Phi) is 2.76. The van der Waals surface area contributed by atoms with Crippen LogP contribution in [0.4, 0.5) is 4.39 Å². The van der Waals surface area contributed by atoms with E-state index in [9.17, 15) is 4.39 Å². The molecule has 2 aromatic carbocycles. The number of aromatic nitrogens is 3. The van der Waals surface area contributed by atoms with Gasteiger partial charge in [-0.3, -0.25) is 0 Å². The number of benzene rings is 2. The lowest BCUT2D eigenvalue weighted by atomic mass is 10.0. The van der Waals surface area contributed by atoms with Gasteiger partial charge in [-0.25, -0.2) is 4.39 Å². The van der Waals surface area contributed by atoms with Crippen LogP contribution in [0, 0.1) is 5.82 Å². The molecule has 0 saturated carbocycles. The zero-order valence-corrected chi connectivity index (χ0v) is 10.3. The van der Waals surface area contributed by atoms with Gasteiger partial charge in [0.2, 0.25) is 0 Å². The summed E-state index contributed by atoms with van der Waals surface area (Å²) in [6, 6.07) is 10.3. The third-order valence-corrected chi connectivity index (χ3v) is 3.22. The smallest absolute Gasteiger partial charge is 0.164 e.